The van der Waals surface area contributed by atoms with Gasteiger partial charge < -0.3 is 20.5 Å². The number of primary amides is 1. The van der Waals surface area contributed by atoms with Crippen LogP contribution in [0.3, 0.4) is 0 Å². The third-order valence-electron chi connectivity index (χ3n) is 3.91. The molecule has 0 aromatic heterocycles. The van der Waals surface area contributed by atoms with Crippen LogP contribution < -0.4 is 21.1 Å². The summed E-state index contributed by atoms with van der Waals surface area (Å²) in [7, 11) is 0. The van der Waals surface area contributed by atoms with Gasteiger partial charge in [-0.2, -0.15) is 0 Å². The maximum Gasteiger partial charge on any atom is 0.318 e. The summed E-state index contributed by atoms with van der Waals surface area (Å²) in [5, 5.41) is 4.79. The number of carbonyl (C=O) groups excluding carboxylic acids is 3. The molecule has 136 valence electrons. The zero-order valence-electron chi connectivity index (χ0n) is 14.2. The molecule has 25 heavy (non-hydrogen) atoms. The van der Waals surface area contributed by atoms with E-state index in [1.165, 1.54) is 0 Å². The van der Waals surface area contributed by atoms with Crippen LogP contribution in [0.2, 0.25) is 0 Å². The Morgan fingerprint density at radius 1 is 1.32 bits per heavy atom. The number of rotatable bonds is 7. The summed E-state index contributed by atoms with van der Waals surface area (Å²) in [6.45, 7) is 3.03. The molecule has 0 spiro atoms. The predicted octanol–water partition coefficient (Wildman–Crippen LogP) is 1.32. The van der Waals surface area contributed by atoms with Gasteiger partial charge in [-0.15, -0.1) is 0 Å². The van der Waals surface area contributed by atoms with Crippen molar-refractivity contribution < 1.29 is 23.9 Å². The molecule has 1 aromatic carbocycles. The Morgan fingerprint density at radius 2 is 2.12 bits per heavy atom. The van der Waals surface area contributed by atoms with Crippen molar-refractivity contribution in [1.29, 1.82) is 0 Å². The zero-order valence-corrected chi connectivity index (χ0v) is 14.2. The maximum atomic E-state index is 12.0. The molecule has 8 heteroatoms. The molecule has 2 rings (SSSR count). The quantitative estimate of drug-likeness (QED) is 0.686. The van der Waals surface area contributed by atoms with Crippen molar-refractivity contribution in [2.75, 3.05) is 25.1 Å². The van der Waals surface area contributed by atoms with E-state index >= 15 is 0 Å². The largest absolute Gasteiger partial charge is 0.484 e. The lowest BCUT2D eigenvalue weighted by atomic mass is 10.0. The first-order chi connectivity index (χ1) is 11.9. The highest BCUT2D eigenvalue weighted by Gasteiger charge is 2.17. The van der Waals surface area contributed by atoms with Gasteiger partial charge in [0.25, 0.3) is 5.91 Å². The van der Waals surface area contributed by atoms with Gasteiger partial charge in [0.05, 0.1) is 0 Å². The molecule has 0 aliphatic carbocycles. The van der Waals surface area contributed by atoms with E-state index in [-0.39, 0.29) is 12.5 Å². The van der Waals surface area contributed by atoms with Crippen molar-refractivity contribution in [3.63, 3.8) is 0 Å². The Morgan fingerprint density at radius 3 is 2.76 bits per heavy atom. The second-order valence-corrected chi connectivity index (χ2v) is 5.99. The molecular weight excluding hydrogens is 326 g/mol. The topological polar surface area (TPSA) is 120 Å². The molecule has 4 amide bonds. The number of ether oxygens (including phenoxy) is 2. The van der Waals surface area contributed by atoms with Crippen LogP contribution in [0.4, 0.5) is 10.5 Å². The summed E-state index contributed by atoms with van der Waals surface area (Å²) in [5.74, 6) is 0.260. The van der Waals surface area contributed by atoms with Gasteiger partial charge in [0.1, 0.15) is 5.75 Å². The molecule has 0 bridgehead atoms. The van der Waals surface area contributed by atoms with Crippen LogP contribution in [0, 0.1) is 12.8 Å². The van der Waals surface area contributed by atoms with Gasteiger partial charge in [-0.3, -0.25) is 14.9 Å². The second-order valence-electron chi connectivity index (χ2n) is 5.99. The molecule has 1 unspecified atom stereocenters. The Labute approximate surface area is 146 Å². The van der Waals surface area contributed by atoms with Crippen LogP contribution in [0.5, 0.6) is 5.75 Å². The van der Waals surface area contributed by atoms with Crippen molar-refractivity contribution in [2.45, 2.75) is 26.2 Å². The molecule has 0 saturated carbocycles. The molecule has 1 fully saturated rings. The van der Waals surface area contributed by atoms with Crippen LogP contribution in [0.1, 0.15) is 24.8 Å². The molecule has 1 aromatic rings. The standard InChI is InChI=1S/C17H23N3O5/c1-11-8-13(25-10-16(22)20-17(18)23)3-4-14(11)19-15(21)5-2-12-6-7-24-9-12/h3-4,8,12H,2,5-7,9-10H2,1H3,(H,19,21)(H3,18,20,22,23). The highest BCUT2D eigenvalue weighted by molar-refractivity contribution is 5.94. The Bertz CT molecular complexity index is 641. The van der Waals surface area contributed by atoms with Gasteiger partial charge in [-0.05, 0) is 49.4 Å². The first-order valence-electron chi connectivity index (χ1n) is 8.14. The number of amides is 4. The van der Waals surface area contributed by atoms with Gasteiger partial charge in [0, 0.05) is 25.3 Å². The average Bonchev–Trinajstić information content (AvgIpc) is 3.06. The number of anilines is 1. The molecule has 1 aliphatic rings. The number of hydrogen-bond donors (Lipinski definition) is 3. The molecule has 0 radical (unpaired) electrons. The highest BCUT2D eigenvalue weighted by Crippen LogP contribution is 2.23. The van der Waals surface area contributed by atoms with E-state index in [1.807, 2.05) is 12.2 Å². The number of hydrogen-bond acceptors (Lipinski definition) is 5. The summed E-state index contributed by atoms with van der Waals surface area (Å²) in [5.41, 5.74) is 6.35. The highest BCUT2D eigenvalue weighted by atomic mass is 16.5. The van der Waals surface area contributed by atoms with Crippen LogP contribution in [-0.2, 0) is 14.3 Å². The number of aryl methyl sites for hydroxylation is 1. The molecule has 1 saturated heterocycles. The number of carbonyl (C=O) groups is 3. The zero-order chi connectivity index (χ0) is 18.2. The summed E-state index contributed by atoms with van der Waals surface area (Å²) in [6, 6.07) is 4.14. The molecule has 1 aliphatic heterocycles. The number of benzene rings is 1. The molecule has 4 N–H and O–H groups in total. The monoisotopic (exact) mass is 349 g/mol. The maximum absolute atomic E-state index is 12.0. The average molecular weight is 349 g/mol. The molecular formula is C17H23N3O5. The minimum atomic E-state index is -0.924. The van der Waals surface area contributed by atoms with Crippen LogP contribution >= 0.6 is 0 Å². The summed E-state index contributed by atoms with van der Waals surface area (Å²) in [4.78, 5) is 33.9. The van der Waals surface area contributed by atoms with Crippen molar-refractivity contribution in [2.24, 2.45) is 11.7 Å². The fourth-order valence-electron chi connectivity index (χ4n) is 2.55. The lowest BCUT2D eigenvalue weighted by molar-refractivity contribution is -0.122. The van der Waals surface area contributed by atoms with Crippen molar-refractivity contribution in [3.8, 4) is 5.75 Å². The second kappa shape index (κ2) is 9.03. The summed E-state index contributed by atoms with van der Waals surface area (Å²) >= 11 is 0. The number of urea groups is 1. The minimum absolute atomic E-state index is 0.0375. The van der Waals surface area contributed by atoms with E-state index in [0.717, 1.165) is 31.6 Å². The lowest BCUT2D eigenvalue weighted by Gasteiger charge is -2.12. The van der Waals surface area contributed by atoms with E-state index in [9.17, 15) is 14.4 Å². The van der Waals surface area contributed by atoms with Gasteiger partial charge in [0.2, 0.25) is 5.91 Å². The van der Waals surface area contributed by atoms with E-state index in [2.05, 4.69) is 5.32 Å². The minimum Gasteiger partial charge on any atom is -0.484 e. The third kappa shape index (κ3) is 6.42. The van der Waals surface area contributed by atoms with E-state index in [4.69, 9.17) is 15.2 Å². The van der Waals surface area contributed by atoms with Crippen LogP contribution in [-0.4, -0.2) is 37.7 Å². The number of nitrogens with one attached hydrogen (secondary N) is 2. The van der Waals surface area contributed by atoms with Crippen molar-refractivity contribution >= 4 is 23.5 Å². The van der Waals surface area contributed by atoms with Crippen molar-refractivity contribution in [1.82, 2.24) is 5.32 Å². The van der Waals surface area contributed by atoms with Crippen LogP contribution in [0.25, 0.3) is 0 Å². The van der Waals surface area contributed by atoms with E-state index in [1.54, 1.807) is 18.2 Å². The van der Waals surface area contributed by atoms with Crippen molar-refractivity contribution in [3.05, 3.63) is 23.8 Å². The Kier molecular flexibility index (Phi) is 6.76. The molecule has 1 heterocycles. The van der Waals surface area contributed by atoms with Gasteiger partial charge >= 0.3 is 6.03 Å². The predicted molar refractivity (Wildman–Crippen MR) is 91.2 cm³/mol. The fraction of sp³-hybridized carbons (Fsp3) is 0.471. The SMILES string of the molecule is Cc1cc(OCC(=O)NC(N)=O)ccc1NC(=O)CCC1CCOC1. The normalized spacial score (nSPS) is 16.3. The smallest absolute Gasteiger partial charge is 0.318 e. The molecule has 8 nitrogen and oxygen atoms in total. The van der Waals surface area contributed by atoms with Crippen LogP contribution in [0.15, 0.2) is 18.2 Å². The Hall–Kier alpha value is -2.61. The van der Waals surface area contributed by atoms with Gasteiger partial charge in [-0.1, -0.05) is 0 Å². The third-order valence-corrected chi connectivity index (χ3v) is 3.91. The summed E-state index contributed by atoms with van der Waals surface area (Å²) < 4.78 is 10.6. The van der Waals surface area contributed by atoms with E-state index < -0.39 is 11.9 Å². The molecule has 1 atom stereocenters. The fourth-order valence-corrected chi connectivity index (χ4v) is 2.55. The van der Waals surface area contributed by atoms with E-state index in [0.29, 0.717) is 23.8 Å². The van der Waals surface area contributed by atoms with Gasteiger partial charge in [-0.25, -0.2) is 4.79 Å². The first kappa shape index (κ1) is 18.7. The first-order valence-corrected chi connectivity index (χ1v) is 8.14. The summed E-state index contributed by atoms with van der Waals surface area (Å²) in [6.07, 6.45) is 2.29. The lowest BCUT2D eigenvalue weighted by Crippen LogP contribution is -2.38. The van der Waals surface area contributed by atoms with Gasteiger partial charge in [0.15, 0.2) is 6.61 Å². The number of nitrogens with two attached hydrogens (primary N) is 1. The number of imide groups is 1. The Balaban J connectivity index is 1.80.